The number of nitrogens with zero attached hydrogens (tertiary/aromatic N) is 2. The molecule has 0 aliphatic rings. The number of halogens is 1. The van der Waals surface area contributed by atoms with E-state index < -0.39 is 10.0 Å². The van der Waals surface area contributed by atoms with E-state index in [4.69, 9.17) is 11.6 Å². The van der Waals surface area contributed by atoms with Crippen LogP contribution in [0.25, 0.3) is 17.1 Å². The van der Waals surface area contributed by atoms with Crippen LogP contribution in [0.3, 0.4) is 0 Å². The van der Waals surface area contributed by atoms with Gasteiger partial charge in [0.1, 0.15) is 0 Å². The molecule has 160 valence electrons. The normalized spacial score (nSPS) is 11.5. The Kier molecular flexibility index (Phi) is 6.16. The number of hydrogen-bond donors (Lipinski definition) is 2. The number of hydrogen-bond acceptors (Lipinski definition) is 5. The number of benzene rings is 3. The molecule has 1 aromatic heterocycles. The first kappa shape index (κ1) is 21.5. The Morgan fingerprint density at radius 2 is 1.59 bits per heavy atom. The van der Waals surface area contributed by atoms with Crippen LogP contribution < -0.4 is 10.0 Å². The fraction of sp³-hybridized carbons (Fsp3) is 0. The third kappa shape index (κ3) is 5.29. The molecule has 4 rings (SSSR count). The highest BCUT2D eigenvalue weighted by molar-refractivity contribution is 7.92. The average molecular weight is 465 g/mol. The van der Waals surface area contributed by atoms with Gasteiger partial charge in [0.2, 0.25) is 5.91 Å². The van der Waals surface area contributed by atoms with Crippen LogP contribution in [0.1, 0.15) is 5.56 Å². The summed E-state index contributed by atoms with van der Waals surface area (Å²) in [6, 6.07) is 20.0. The van der Waals surface area contributed by atoms with Crippen molar-refractivity contribution >= 4 is 56.1 Å². The van der Waals surface area contributed by atoms with Crippen molar-refractivity contribution in [1.29, 1.82) is 0 Å². The Hall–Kier alpha value is -3.75. The van der Waals surface area contributed by atoms with Crippen molar-refractivity contribution in [3.8, 4) is 0 Å². The maximum Gasteiger partial charge on any atom is 0.263 e. The van der Waals surface area contributed by atoms with Crippen molar-refractivity contribution in [2.45, 2.75) is 4.90 Å². The summed E-state index contributed by atoms with van der Waals surface area (Å²) in [6.45, 7) is 0. The number of para-hydroxylation sites is 2. The summed E-state index contributed by atoms with van der Waals surface area (Å²) in [5.41, 5.74) is 2.53. The van der Waals surface area contributed by atoms with E-state index in [9.17, 15) is 13.2 Å². The number of amides is 1. The minimum atomic E-state index is -3.87. The lowest BCUT2D eigenvalue weighted by molar-refractivity contribution is -0.111. The molecule has 0 fully saturated rings. The Morgan fingerprint density at radius 3 is 2.31 bits per heavy atom. The smallest absolute Gasteiger partial charge is 0.263 e. The average Bonchev–Trinajstić information content (AvgIpc) is 2.79. The lowest BCUT2D eigenvalue weighted by Crippen LogP contribution is -2.14. The molecule has 0 radical (unpaired) electrons. The fourth-order valence-corrected chi connectivity index (χ4v) is 3.96. The number of sulfonamides is 1. The van der Waals surface area contributed by atoms with Gasteiger partial charge in [-0.25, -0.2) is 13.4 Å². The molecule has 0 spiro atoms. The molecule has 7 nitrogen and oxygen atoms in total. The minimum absolute atomic E-state index is 0.0298. The number of aromatic nitrogens is 2. The fourth-order valence-electron chi connectivity index (χ4n) is 2.85. The van der Waals surface area contributed by atoms with E-state index in [-0.39, 0.29) is 16.6 Å². The van der Waals surface area contributed by atoms with Crippen LogP contribution in [0.2, 0.25) is 5.02 Å². The Balaban J connectivity index is 1.42. The molecular formula is C23H17ClN4O3S. The first-order chi connectivity index (χ1) is 15.4. The zero-order valence-corrected chi connectivity index (χ0v) is 18.1. The van der Waals surface area contributed by atoms with Crippen LogP contribution in [0.4, 0.5) is 11.5 Å². The topological polar surface area (TPSA) is 101 Å². The number of rotatable bonds is 6. The Bertz CT molecular complexity index is 1400. The predicted molar refractivity (Wildman–Crippen MR) is 126 cm³/mol. The second-order valence-electron chi connectivity index (χ2n) is 6.75. The molecule has 3 aromatic carbocycles. The standard InChI is InChI=1S/C23H17ClN4O3S/c24-17-8-5-16(6-9-17)7-14-23(29)26-18-10-12-19(13-11-18)32(30,31)28-22-15-25-20-3-1-2-4-21(20)27-22/h1-15H,(H,26,29)(H,27,28)/b14-7+. The third-order valence-electron chi connectivity index (χ3n) is 4.42. The lowest BCUT2D eigenvalue weighted by atomic mass is 10.2. The quantitative estimate of drug-likeness (QED) is 0.401. The van der Waals surface area contributed by atoms with Crippen LogP contribution in [0, 0.1) is 0 Å². The monoisotopic (exact) mass is 464 g/mol. The minimum Gasteiger partial charge on any atom is -0.323 e. The van der Waals surface area contributed by atoms with Gasteiger partial charge in [-0.15, -0.1) is 0 Å². The second-order valence-corrected chi connectivity index (χ2v) is 8.87. The Labute approximate surface area is 189 Å². The molecule has 0 unspecified atom stereocenters. The summed E-state index contributed by atoms with van der Waals surface area (Å²) in [4.78, 5) is 20.6. The van der Waals surface area contributed by atoms with Crippen molar-refractivity contribution in [2.24, 2.45) is 0 Å². The number of carbonyl (C=O) groups excluding carboxylic acids is 1. The van der Waals surface area contributed by atoms with Gasteiger partial charge in [0.15, 0.2) is 5.82 Å². The molecule has 0 atom stereocenters. The van der Waals surface area contributed by atoms with Crippen LogP contribution in [0.15, 0.2) is 90.0 Å². The molecule has 1 heterocycles. The van der Waals surface area contributed by atoms with Crippen molar-refractivity contribution in [2.75, 3.05) is 10.0 Å². The zero-order valence-electron chi connectivity index (χ0n) is 16.6. The zero-order chi connectivity index (χ0) is 22.6. The molecule has 0 saturated heterocycles. The molecule has 0 aliphatic heterocycles. The second kappa shape index (κ2) is 9.17. The summed E-state index contributed by atoms with van der Waals surface area (Å²) >= 11 is 5.84. The molecule has 2 N–H and O–H groups in total. The van der Waals surface area contributed by atoms with Crippen LogP contribution in [-0.2, 0) is 14.8 Å². The van der Waals surface area contributed by atoms with Crippen LogP contribution in [-0.4, -0.2) is 24.3 Å². The van der Waals surface area contributed by atoms with Crippen molar-refractivity contribution in [3.05, 3.63) is 95.7 Å². The first-order valence-electron chi connectivity index (χ1n) is 9.48. The van der Waals surface area contributed by atoms with Crippen LogP contribution >= 0.6 is 11.6 Å². The predicted octanol–water partition coefficient (Wildman–Crippen LogP) is 4.74. The van der Waals surface area contributed by atoms with E-state index in [2.05, 4.69) is 20.0 Å². The van der Waals surface area contributed by atoms with Gasteiger partial charge in [-0.3, -0.25) is 14.5 Å². The summed E-state index contributed by atoms with van der Waals surface area (Å²) in [5, 5.41) is 3.30. The van der Waals surface area contributed by atoms with E-state index in [0.717, 1.165) is 5.56 Å². The number of carbonyl (C=O) groups is 1. The molecule has 0 saturated carbocycles. The van der Waals surface area contributed by atoms with Crippen molar-refractivity contribution in [3.63, 3.8) is 0 Å². The molecule has 0 aliphatic carbocycles. The highest BCUT2D eigenvalue weighted by atomic mass is 35.5. The first-order valence-corrected chi connectivity index (χ1v) is 11.3. The molecule has 0 bridgehead atoms. The van der Waals surface area contributed by atoms with E-state index in [0.29, 0.717) is 21.7 Å². The molecular weight excluding hydrogens is 448 g/mol. The van der Waals surface area contributed by atoms with Gasteiger partial charge in [-0.2, -0.15) is 0 Å². The van der Waals surface area contributed by atoms with Gasteiger partial charge in [-0.05, 0) is 60.2 Å². The molecule has 1 amide bonds. The van der Waals surface area contributed by atoms with Gasteiger partial charge in [0, 0.05) is 16.8 Å². The number of fused-ring (bicyclic) bond motifs is 1. The lowest BCUT2D eigenvalue weighted by Gasteiger charge is -2.09. The largest absolute Gasteiger partial charge is 0.323 e. The summed E-state index contributed by atoms with van der Waals surface area (Å²) < 4.78 is 27.8. The van der Waals surface area contributed by atoms with Crippen molar-refractivity contribution in [1.82, 2.24) is 9.97 Å². The molecule has 4 aromatic rings. The van der Waals surface area contributed by atoms with Gasteiger partial charge in [0.25, 0.3) is 10.0 Å². The highest BCUT2D eigenvalue weighted by Gasteiger charge is 2.15. The number of anilines is 2. The van der Waals surface area contributed by atoms with Crippen LogP contribution in [0.5, 0.6) is 0 Å². The summed E-state index contributed by atoms with van der Waals surface area (Å²) in [5.74, 6) is -0.228. The maximum atomic E-state index is 12.7. The molecule has 9 heteroatoms. The number of nitrogens with one attached hydrogen (secondary N) is 2. The van der Waals surface area contributed by atoms with Gasteiger partial charge >= 0.3 is 0 Å². The van der Waals surface area contributed by atoms with Gasteiger partial charge in [-0.1, -0.05) is 35.9 Å². The van der Waals surface area contributed by atoms with E-state index in [1.54, 1.807) is 48.5 Å². The van der Waals surface area contributed by atoms with E-state index >= 15 is 0 Å². The SMILES string of the molecule is O=C(/C=C/c1ccc(Cl)cc1)Nc1ccc(S(=O)(=O)Nc2cnc3ccccc3n2)cc1. The third-order valence-corrected chi connectivity index (χ3v) is 6.04. The highest BCUT2D eigenvalue weighted by Crippen LogP contribution is 2.19. The van der Waals surface area contributed by atoms with Crippen molar-refractivity contribution < 1.29 is 13.2 Å². The maximum absolute atomic E-state index is 12.7. The Morgan fingerprint density at radius 1 is 0.906 bits per heavy atom. The van der Waals surface area contributed by atoms with E-state index in [1.165, 1.54) is 36.5 Å². The summed E-state index contributed by atoms with van der Waals surface area (Å²) in [7, 11) is -3.87. The van der Waals surface area contributed by atoms with Gasteiger partial charge < -0.3 is 5.32 Å². The van der Waals surface area contributed by atoms with E-state index in [1.807, 2.05) is 6.07 Å². The molecule has 32 heavy (non-hydrogen) atoms. The summed E-state index contributed by atoms with van der Waals surface area (Å²) in [6.07, 6.45) is 4.40. The van der Waals surface area contributed by atoms with Gasteiger partial charge in [0.05, 0.1) is 22.1 Å².